The molecule has 1 N–H and O–H groups in total. The minimum atomic E-state index is -0.724. The molecule has 0 aliphatic rings. The molecule has 0 saturated carbocycles. The van der Waals surface area contributed by atoms with Gasteiger partial charge in [-0.15, -0.1) is 11.8 Å². The summed E-state index contributed by atoms with van der Waals surface area (Å²) in [6, 6.07) is 20.2. The molecule has 196 valence electrons. The molecular weight excluding hydrogens is 530 g/mol. The van der Waals surface area contributed by atoms with E-state index in [4.69, 9.17) is 23.2 Å². The largest absolute Gasteiger partial charge is 0.354 e. The van der Waals surface area contributed by atoms with E-state index in [-0.39, 0.29) is 35.8 Å². The van der Waals surface area contributed by atoms with Crippen molar-refractivity contribution in [1.29, 1.82) is 0 Å². The first-order valence-electron chi connectivity index (χ1n) is 12.1. The van der Waals surface area contributed by atoms with Crippen molar-refractivity contribution in [3.63, 3.8) is 0 Å². The van der Waals surface area contributed by atoms with Crippen LogP contribution in [0.15, 0.2) is 72.8 Å². The second kappa shape index (κ2) is 14.4. The van der Waals surface area contributed by atoms with Gasteiger partial charge in [0.1, 0.15) is 11.9 Å². The fourth-order valence-corrected chi connectivity index (χ4v) is 5.20. The molecule has 4 nitrogen and oxygen atoms in total. The Balaban J connectivity index is 1.84. The average Bonchev–Trinajstić information content (AvgIpc) is 2.87. The van der Waals surface area contributed by atoms with E-state index in [1.807, 2.05) is 50.2 Å². The molecule has 0 radical (unpaired) electrons. The van der Waals surface area contributed by atoms with Gasteiger partial charge in [0, 0.05) is 35.3 Å². The van der Waals surface area contributed by atoms with Crippen LogP contribution in [-0.4, -0.2) is 35.1 Å². The summed E-state index contributed by atoms with van der Waals surface area (Å²) in [5.41, 5.74) is 2.57. The first-order valence-corrected chi connectivity index (χ1v) is 14.0. The van der Waals surface area contributed by atoms with Crippen LogP contribution in [0.1, 0.15) is 30.5 Å². The van der Waals surface area contributed by atoms with Gasteiger partial charge in [-0.05, 0) is 46.9 Å². The van der Waals surface area contributed by atoms with Crippen LogP contribution in [0.25, 0.3) is 0 Å². The van der Waals surface area contributed by atoms with Crippen molar-refractivity contribution in [2.45, 2.75) is 38.6 Å². The standard InChI is InChI=1S/C29H31Cl2FN2O2S/c1-20(2)16-33-29(36)27(14-21-6-4-3-5-7-21)34(17-22-8-12-25(32)13-9-22)28(35)19-37-18-23-10-11-24(30)15-26(23)31/h3-13,15,20,27H,14,16-19H2,1-2H3,(H,33,36)/t27-/m1/s1. The highest BCUT2D eigenvalue weighted by Gasteiger charge is 2.30. The van der Waals surface area contributed by atoms with E-state index in [0.29, 0.717) is 28.8 Å². The van der Waals surface area contributed by atoms with Gasteiger partial charge in [-0.1, -0.05) is 85.6 Å². The number of thioether (sulfide) groups is 1. The molecule has 0 fully saturated rings. The van der Waals surface area contributed by atoms with E-state index in [2.05, 4.69) is 5.32 Å². The Morgan fingerprint density at radius 3 is 2.32 bits per heavy atom. The Morgan fingerprint density at radius 2 is 1.68 bits per heavy atom. The summed E-state index contributed by atoms with van der Waals surface area (Å²) in [7, 11) is 0. The molecule has 3 aromatic rings. The molecule has 3 rings (SSSR count). The maximum atomic E-state index is 13.6. The molecule has 0 bridgehead atoms. The van der Waals surface area contributed by atoms with Crippen LogP contribution in [-0.2, 0) is 28.3 Å². The van der Waals surface area contributed by atoms with Gasteiger partial charge in [-0.2, -0.15) is 0 Å². The summed E-state index contributed by atoms with van der Waals surface area (Å²) in [5.74, 6) is 0.200. The lowest BCUT2D eigenvalue weighted by molar-refractivity contribution is -0.139. The molecule has 3 aromatic carbocycles. The van der Waals surface area contributed by atoms with Gasteiger partial charge in [0.2, 0.25) is 11.8 Å². The summed E-state index contributed by atoms with van der Waals surface area (Å²) in [5, 5.41) is 4.10. The van der Waals surface area contributed by atoms with Gasteiger partial charge in [0.25, 0.3) is 0 Å². The van der Waals surface area contributed by atoms with E-state index in [1.165, 1.54) is 23.9 Å². The summed E-state index contributed by atoms with van der Waals surface area (Å²) in [4.78, 5) is 28.6. The molecule has 2 amide bonds. The smallest absolute Gasteiger partial charge is 0.243 e. The summed E-state index contributed by atoms with van der Waals surface area (Å²) < 4.78 is 13.6. The van der Waals surface area contributed by atoms with Crippen molar-refractivity contribution >= 4 is 46.8 Å². The molecule has 0 spiro atoms. The Bertz CT molecular complexity index is 1180. The van der Waals surface area contributed by atoms with Gasteiger partial charge in [0.15, 0.2) is 0 Å². The molecule has 0 unspecified atom stereocenters. The number of benzene rings is 3. The molecule has 0 heterocycles. The molecule has 0 aliphatic carbocycles. The fraction of sp³-hybridized carbons (Fsp3) is 0.310. The lowest BCUT2D eigenvalue weighted by atomic mass is 10.0. The Labute approximate surface area is 232 Å². The van der Waals surface area contributed by atoms with Crippen molar-refractivity contribution in [1.82, 2.24) is 10.2 Å². The number of carbonyl (C=O) groups excluding carboxylic acids is 2. The SMILES string of the molecule is CC(C)CNC(=O)[C@@H](Cc1ccccc1)N(Cc1ccc(F)cc1)C(=O)CSCc1ccc(Cl)cc1Cl. The fourth-order valence-electron chi connectivity index (χ4n) is 3.73. The van der Waals surface area contributed by atoms with E-state index >= 15 is 0 Å². The van der Waals surface area contributed by atoms with Crippen molar-refractivity contribution in [3.8, 4) is 0 Å². The maximum absolute atomic E-state index is 13.6. The van der Waals surface area contributed by atoms with Crippen molar-refractivity contribution in [3.05, 3.63) is 105 Å². The number of nitrogens with zero attached hydrogens (tertiary/aromatic N) is 1. The highest BCUT2D eigenvalue weighted by Crippen LogP contribution is 2.25. The molecule has 37 heavy (non-hydrogen) atoms. The number of nitrogens with one attached hydrogen (secondary N) is 1. The Morgan fingerprint density at radius 1 is 0.973 bits per heavy atom. The first kappa shape index (κ1) is 29.0. The van der Waals surface area contributed by atoms with Crippen molar-refractivity contribution in [2.75, 3.05) is 12.3 Å². The van der Waals surface area contributed by atoms with Crippen LogP contribution in [0.3, 0.4) is 0 Å². The molecule has 1 atom stereocenters. The zero-order chi connectivity index (χ0) is 26.8. The van der Waals surface area contributed by atoms with Gasteiger partial charge in [-0.25, -0.2) is 4.39 Å². The third kappa shape index (κ3) is 9.37. The second-order valence-corrected chi connectivity index (χ2v) is 11.1. The van der Waals surface area contributed by atoms with Crippen molar-refractivity contribution in [2.24, 2.45) is 5.92 Å². The average molecular weight is 562 g/mol. The molecule has 8 heteroatoms. The van der Waals surface area contributed by atoms with Gasteiger partial charge in [0.05, 0.1) is 5.75 Å². The third-order valence-electron chi connectivity index (χ3n) is 5.72. The zero-order valence-corrected chi connectivity index (χ0v) is 23.3. The lowest BCUT2D eigenvalue weighted by Crippen LogP contribution is -2.51. The third-order valence-corrected chi connectivity index (χ3v) is 7.27. The molecule has 0 saturated heterocycles. The van der Waals surface area contributed by atoms with Crippen LogP contribution in [0, 0.1) is 11.7 Å². The summed E-state index contributed by atoms with van der Waals surface area (Å²) in [6.45, 7) is 4.74. The molecule has 0 aromatic heterocycles. The number of hydrogen-bond donors (Lipinski definition) is 1. The topological polar surface area (TPSA) is 49.4 Å². The molecule has 0 aliphatic heterocycles. The van der Waals surface area contributed by atoms with Gasteiger partial charge >= 0.3 is 0 Å². The zero-order valence-electron chi connectivity index (χ0n) is 20.9. The lowest BCUT2D eigenvalue weighted by Gasteiger charge is -2.32. The molecular formula is C29H31Cl2FN2O2S. The normalized spacial score (nSPS) is 11.8. The number of hydrogen-bond acceptors (Lipinski definition) is 3. The van der Waals surface area contributed by atoms with Crippen LogP contribution in [0.2, 0.25) is 10.0 Å². The van der Waals surface area contributed by atoms with Crippen LogP contribution >= 0.6 is 35.0 Å². The minimum Gasteiger partial charge on any atom is -0.354 e. The Kier molecular flexibility index (Phi) is 11.3. The van der Waals surface area contributed by atoms with E-state index in [1.54, 1.807) is 29.2 Å². The van der Waals surface area contributed by atoms with Crippen LogP contribution < -0.4 is 5.32 Å². The number of amides is 2. The highest BCUT2D eigenvalue weighted by molar-refractivity contribution is 7.99. The maximum Gasteiger partial charge on any atom is 0.243 e. The summed E-state index contributed by atoms with van der Waals surface area (Å²) >= 11 is 13.7. The Hall–Kier alpha value is -2.54. The van der Waals surface area contributed by atoms with E-state index in [0.717, 1.165) is 16.7 Å². The number of rotatable bonds is 12. The van der Waals surface area contributed by atoms with E-state index in [9.17, 15) is 14.0 Å². The number of carbonyl (C=O) groups is 2. The predicted molar refractivity (Wildman–Crippen MR) is 151 cm³/mol. The monoisotopic (exact) mass is 560 g/mol. The van der Waals surface area contributed by atoms with Gasteiger partial charge in [-0.3, -0.25) is 9.59 Å². The van der Waals surface area contributed by atoms with E-state index < -0.39 is 6.04 Å². The first-order chi connectivity index (χ1) is 17.7. The highest BCUT2D eigenvalue weighted by atomic mass is 35.5. The van der Waals surface area contributed by atoms with Crippen LogP contribution in [0.5, 0.6) is 0 Å². The predicted octanol–water partition coefficient (Wildman–Crippen LogP) is 6.78. The van der Waals surface area contributed by atoms with Crippen LogP contribution in [0.4, 0.5) is 4.39 Å². The summed E-state index contributed by atoms with van der Waals surface area (Å²) in [6.07, 6.45) is 0.366. The number of halogens is 3. The van der Waals surface area contributed by atoms with Crippen molar-refractivity contribution < 1.29 is 14.0 Å². The quantitative estimate of drug-likeness (QED) is 0.265. The second-order valence-electron chi connectivity index (χ2n) is 9.22. The van der Waals surface area contributed by atoms with Gasteiger partial charge < -0.3 is 10.2 Å². The minimum absolute atomic E-state index is 0.156.